The molecule has 0 aliphatic rings. The van der Waals surface area contributed by atoms with Gasteiger partial charge in [-0.15, -0.1) is 11.3 Å². The molecule has 0 aliphatic heterocycles. The number of hydrogen-bond acceptors (Lipinski definition) is 3. The number of nitrogens with zero attached hydrogens (tertiary/aromatic N) is 1. The molecule has 21 heavy (non-hydrogen) atoms. The van der Waals surface area contributed by atoms with E-state index in [-0.39, 0.29) is 12.1 Å². The number of rotatable bonds is 6. The largest absolute Gasteiger partial charge is 0.329 e. The van der Waals surface area contributed by atoms with Crippen LogP contribution in [0.2, 0.25) is 0 Å². The molecule has 2 rings (SSSR count). The van der Waals surface area contributed by atoms with Gasteiger partial charge < -0.3 is 5.73 Å². The van der Waals surface area contributed by atoms with Gasteiger partial charge in [0.2, 0.25) is 0 Å². The van der Waals surface area contributed by atoms with Crippen LogP contribution in [0.3, 0.4) is 0 Å². The number of hydrogen-bond donors (Lipinski definition) is 1. The maximum Gasteiger partial charge on any atom is 0.159 e. The number of halogens is 2. The Morgan fingerprint density at radius 1 is 1.24 bits per heavy atom. The molecule has 2 unspecified atom stereocenters. The second-order valence-corrected chi connectivity index (χ2v) is 6.26. The first-order chi connectivity index (χ1) is 10.0. The molecule has 0 saturated carbocycles. The van der Waals surface area contributed by atoms with Crippen LogP contribution in [0.25, 0.3) is 0 Å². The third-order valence-corrected chi connectivity index (χ3v) is 4.71. The fourth-order valence-corrected chi connectivity index (χ4v) is 3.25. The van der Waals surface area contributed by atoms with E-state index in [2.05, 4.69) is 23.3 Å². The maximum atomic E-state index is 13.4. The van der Waals surface area contributed by atoms with Crippen molar-refractivity contribution < 1.29 is 8.78 Å². The first-order valence-corrected chi connectivity index (χ1v) is 7.80. The lowest BCUT2D eigenvalue weighted by Gasteiger charge is -2.32. The van der Waals surface area contributed by atoms with Crippen LogP contribution in [0.4, 0.5) is 8.78 Å². The topological polar surface area (TPSA) is 29.3 Å². The molecule has 2 aromatic rings. The lowest BCUT2D eigenvalue weighted by atomic mass is 10.0. The Bertz CT molecular complexity index is 572. The van der Waals surface area contributed by atoms with Gasteiger partial charge in [0.15, 0.2) is 11.6 Å². The minimum Gasteiger partial charge on any atom is -0.329 e. The average molecular weight is 310 g/mol. The van der Waals surface area contributed by atoms with E-state index in [0.717, 1.165) is 12.5 Å². The molecular weight excluding hydrogens is 290 g/mol. The summed E-state index contributed by atoms with van der Waals surface area (Å²) in [7, 11) is 1.97. The van der Waals surface area contributed by atoms with Gasteiger partial charge in [0.1, 0.15) is 0 Å². The van der Waals surface area contributed by atoms with Crippen molar-refractivity contribution in [3.8, 4) is 0 Å². The van der Waals surface area contributed by atoms with Gasteiger partial charge in [0, 0.05) is 23.5 Å². The molecule has 0 spiro atoms. The number of likely N-dealkylation sites (N-methyl/N-ethyl adjacent to an activating group) is 1. The Kier molecular flexibility index (Phi) is 5.45. The Hall–Kier alpha value is -1.30. The van der Waals surface area contributed by atoms with Gasteiger partial charge in [-0.25, -0.2) is 8.78 Å². The van der Waals surface area contributed by atoms with Crippen molar-refractivity contribution in [3.63, 3.8) is 0 Å². The molecule has 2 N–H and O–H groups in total. The summed E-state index contributed by atoms with van der Waals surface area (Å²) in [6, 6.07) is 8.25. The molecule has 2 nitrogen and oxygen atoms in total. The molecule has 5 heteroatoms. The van der Waals surface area contributed by atoms with Crippen LogP contribution in [0.15, 0.2) is 35.7 Å². The van der Waals surface area contributed by atoms with Crippen LogP contribution < -0.4 is 5.73 Å². The Morgan fingerprint density at radius 2 is 2.00 bits per heavy atom. The molecular formula is C16H20F2N2S. The van der Waals surface area contributed by atoms with Gasteiger partial charge in [-0.1, -0.05) is 12.1 Å². The van der Waals surface area contributed by atoms with E-state index >= 15 is 0 Å². The van der Waals surface area contributed by atoms with E-state index in [0.29, 0.717) is 12.1 Å². The second-order valence-electron chi connectivity index (χ2n) is 5.22. The minimum atomic E-state index is -0.830. The van der Waals surface area contributed by atoms with Crippen LogP contribution in [0.5, 0.6) is 0 Å². The zero-order valence-electron chi connectivity index (χ0n) is 12.2. The number of thiophene rings is 1. The summed E-state index contributed by atoms with van der Waals surface area (Å²) in [6.45, 7) is 2.47. The van der Waals surface area contributed by atoms with E-state index in [1.165, 1.54) is 10.9 Å². The second kappa shape index (κ2) is 7.11. The lowest BCUT2D eigenvalue weighted by Crippen LogP contribution is -2.38. The van der Waals surface area contributed by atoms with E-state index in [9.17, 15) is 8.78 Å². The molecule has 0 saturated heterocycles. The standard InChI is InChI=1S/C16H20F2N2S/c1-11(8-13-4-3-7-21-13)20(2)16(10-19)12-5-6-14(17)15(18)9-12/h3-7,9,11,16H,8,10,19H2,1-2H3. The van der Waals surface area contributed by atoms with E-state index < -0.39 is 11.6 Å². The van der Waals surface area contributed by atoms with Crippen LogP contribution in [0.1, 0.15) is 23.4 Å². The van der Waals surface area contributed by atoms with Gasteiger partial charge in [-0.05, 0) is 49.5 Å². The highest BCUT2D eigenvalue weighted by Crippen LogP contribution is 2.24. The molecule has 1 aromatic heterocycles. The Morgan fingerprint density at radius 3 is 2.57 bits per heavy atom. The first-order valence-electron chi connectivity index (χ1n) is 6.92. The third kappa shape index (κ3) is 3.87. The van der Waals surface area contributed by atoms with Crippen molar-refractivity contribution in [2.75, 3.05) is 13.6 Å². The minimum absolute atomic E-state index is 0.130. The van der Waals surface area contributed by atoms with Crippen molar-refractivity contribution >= 4 is 11.3 Å². The maximum absolute atomic E-state index is 13.4. The zero-order chi connectivity index (χ0) is 15.4. The number of benzene rings is 1. The molecule has 1 aromatic carbocycles. The molecule has 0 aliphatic carbocycles. The van der Waals surface area contributed by atoms with Gasteiger partial charge in [-0.3, -0.25) is 4.90 Å². The average Bonchev–Trinajstić information content (AvgIpc) is 2.96. The Balaban J connectivity index is 2.13. The smallest absolute Gasteiger partial charge is 0.159 e. The van der Waals surface area contributed by atoms with Crippen molar-refractivity contribution in [2.45, 2.75) is 25.4 Å². The summed E-state index contributed by atoms with van der Waals surface area (Å²) in [6.07, 6.45) is 0.911. The van der Waals surface area contributed by atoms with Crippen LogP contribution in [-0.2, 0) is 6.42 Å². The monoisotopic (exact) mass is 310 g/mol. The van der Waals surface area contributed by atoms with Gasteiger partial charge >= 0.3 is 0 Å². The van der Waals surface area contributed by atoms with E-state index in [1.54, 1.807) is 17.4 Å². The molecule has 2 atom stereocenters. The number of nitrogens with two attached hydrogens (primary N) is 1. The summed E-state index contributed by atoms with van der Waals surface area (Å²) in [5.74, 6) is -1.66. The van der Waals surface area contributed by atoms with Crippen LogP contribution in [0, 0.1) is 11.6 Å². The van der Waals surface area contributed by atoms with Crippen LogP contribution >= 0.6 is 11.3 Å². The van der Waals surface area contributed by atoms with E-state index in [4.69, 9.17) is 5.73 Å². The summed E-state index contributed by atoms with van der Waals surface area (Å²) in [5.41, 5.74) is 6.56. The van der Waals surface area contributed by atoms with Gasteiger partial charge in [-0.2, -0.15) is 0 Å². The van der Waals surface area contributed by atoms with Crippen LogP contribution in [-0.4, -0.2) is 24.5 Å². The zero-order valence-corrected chi connectivity index (χ0v) is 13.0. The predicted molar refractivity (Wildman–Crippen MR) is 83.4 cm³/mol. The Labute approximate surface area is 128 Å². The van der Waals surface area contributed by atoms with Crippen molar-refractivity contribution in [2.24, 2.45) is 5.73 Å². The molecule has 114 valence electrons. The third-order valence-electron chi connectivity index (χ3n) is 3.82. The SMILES string of the molecule is CC(Cc1cccs1)N(C)C(CN)c1ccc(F)c(F)c1. The quantitative estimate of drug-likeness (QED) is 0.883. The predicted octanol–water partition coefficient (Wildman–Crippen LogP) is 3.59. The highest BCUT2D eigenvalue weighted by atomic mass is 32.1. The van der Waals surface area contributed by atoms with Crippen molar-refractivity contribution in [1.82, 2.24) is 4.90 Å². The van der Waals surface area contributed by atoms with Gasteiger partial charge in [0.05, 0.1) is 0 Å². The summed E-state index contributed by atoms with van der Waals surface area (Å²) >= 11 is 1.72. The highest BCUT2D eigenvalue weighted by molar-refractivity contribution is 7.09. The normalized spacial score (nSPS) is 14.4. The highest BCUT2D eigenvalue weighted by Gasteiger charge is 2.21. The molecule has 0 fully saturated rings. The lowest BCUT2D eigenvalue weighted by molar-refractivity contribution is 0.188. The summed E-state index contributed by atoms with van der Waals surface area (Å²) in [4.78, 5) is 3.42. The molecule has 1 heterocycles. The van der Waals surface area contributed by atoms with Crippen molar-refractivity contribution in [1.29, 1.82) is 0 Å². The molecule has 0 radical (unpaired) electrons. The fraction of sp³-hybridized carbons (Fsp3) is 0.375. The van der Waals surface area contributed by atoms with E-state index in [1.807, 2.05) is 13.1 Å². The van der Waals surface area contributed by atoms with Crippen molar-refractivity contribution in [3.05, 3.63) is 57.8 Å². The first kappa shape index (κ1) is 16.1. The van der Waals surface area contributed by atoms with Gasteiger partial charge in [0.25, 0.3) is 0 Å². The fourth-order valence-electron chi connectivity index (χ4n) is 2.43. The summed E-state index contributed by atoms with van der Waals surface area (Å²) < 4.78 is 26.5. The molecule has 0 bridgehead atoms. The molecule has 0 amide bonds. The summed E-state index contributed by atoms with van der Waals surface area (Å²) in [5, 5.41) is 2.05.